The highest BCUT2D eigenvalue weighted by Gasteiger charge is 1.85. The van der Waals surface area contributed by atoms with Gasteiger partial charge in [0.1, 0.15) is 5.03 Å². The summed E-state index contributed by atoms with van der Waals surface area (Å²) in [4.78, 5) is 0. The molecule has 0 spiro atoms. The number of aromatic amines is 1. The fraction of sp³-hybridized carbons (Fsp3) is 0.600. The first-order valence-electron chi connectivity index (χ1n) is 2.83. The largest absolute Gasteiger partial charge is 0.197 e. The van der Waals surface area contributed by atoms with Crippen LogP contribution in [0.25, 0.3) is 0 Å². The molecule has 4 heteroatoms. The third-order valence-electron chi connectivity index (χ3n) is 0.602. The third kappa shape index (κ3) is 3.13. The maximum Gasteiger partial charge on any atom is 0.138 e. The average Bonchev–Trinajstić information content (AvgIpc) is 2.43. The van der Waals surface area contributed by atoms with E-state index in [9.17, 15) is 0 Å². The lowest BCUT2D eigenvalue weighted by molar-refractivity contribution is 0.911. The molecule has 0 radical (unpaired) electrons. The topological polar surface area (TPSA) is 41.6 Å². The van der Waals surface area contributed by atoms with Crippen LogP contribution in [0.4, 0.5) is 0 Å². The van der Waals surface area contributed by atoms with E-state index in [-0.39, 0.29) is 0 Å². The van der Waals surface area contributed by atoms with Crippen LogP contribution >= 0.6 is 11.8 Å². The molecule has 0 amide bonds. The van der Waals surface area contributed by atoms with Gasteiger partial charge in [-0.2, -0.15) is 10.3 Å². The van der Waals surface area contributed by atoms with Crippen molar-refractivity contribution in [2.45, 2.75) is 18.9 Å². The molecule has 9 heavy (non-hydrogen) atoms. The van der Waals surface area contributed by atoms with Gasteiger partial charge in [-0.15, -0.1) is 16.9 Å². The van der Waals surface area contributed by atoms with E-state index in [4.69, 9.17) is 0 Å². The zero-order valence-corrected chi connectivity index (χ0v) is 6.70. The number of hydrogen-bond acceptors (Lipinski definition) is 3. The Bertz CT molecular complexity index is 127. The summed E-state index contributed by atoms with van der Waals surface area (Å²) < 4.78 is 0. The van der Waals surface area contributed by atoms with Crippen molar-refractivity contribution < 1.29 is 0 Å². The number of thioether (sulfide) groups is 1. The van der Waals surface area contributed by atoms with E-state index in [1.54, 1.807) is 18.0 Å². The van der Waals surface area contributed by atoms with Crippen molar-refractivity contribution in [2.75, 3.05) is 6.26 Å². The Balaban J connectivity index is 0.000000291. The zero-order valence-electron chi connectivity index (χ0n) is 5.88. The summed E-state index contributed by atoms with van der Waals surface area (Å²) in [5, 5.41) is 10.8. The Morgan fingerprint density at radius 3 is 2.44 bits per heavy atom. The number of hydrogen-bond donors (Lipinski definition) is 1. The predicted molar refractivity (Wildman–Crippen MR) is 39.5 cm³/mol. The SMILES string of the molecule is CC.CSc1cn[nH]n1. The van der Waals surface area contributed by atoms with Gasteiger partial charge in [-0.1, -0.05) is 13.8 Å². The quantitative estimate of drug-likeness (QED) is 0.610. The van der Waals surface area contributed by atoms with Crippen LogP contribution < -0.4 is 0 Å². The van der Waals surface area contributed by atoms with Gasteiger partial charge in [-0.05, 0) is 6.26 Å². The molecule has 0 fully saturated rings. The van der Waals surface area contributed by atoms with Crippen molar-refractivity contribution in [2.24, 2.45) is 0 Å². The monoisotopic (exact) mass is 145 g/mol. The zero-order chi connectivity index (χ0) is 7.11. The molecule has 0 atom stereocenters. The number of nitrogens with zero attached hydrogens (tertiary/aromatic N) is 2. The van der Waals surface area contributed by atoms with Crippen LogP contribution in [0, 0.1) is 0 Å². The lowest BCUT2D eigenvalue weighted by Gasteiger charge is -1.74. The summed E-state index contributed by atoms with van der Waals surface area (Å²) in [6.07, 6.45) is 3.64. The Kier molecular flexibility index (Phi) is 5.30. The normalized spacial score (nSPS) is 7.89. The average molecular weight is 145 g/mol. The number of H-pyrrole nitrogens is 1. The van der Waals surface area contributed by atoms with Crippen molar-refractivity contribution >= 4 is 11.8 Å². The van der Waals surface area contributed by atoms with Crippen LogP contribution in [0.15, 0.2) is 11.2 Å². The van der Waals surface area contributed by atoms with Gasteiger partial charge in [-0.3, -0.25) is 0 Å². The van der Waals surface area contributed by atoms with Crippen LogP contribution in [0.3, 0.4) is 0 Å². The first kappa shape index (κ1) is 8.49. The molecule has 0 unspecified atom stereocenters. The highest BCUT2D eigenvalue weighted by atomic mass is 32.2. The summed E-state index contributed by atoms with van der Waals surface area (Å²) in [6.45, 7) is 4.00. The molecular weight excluding hydrogens is 134 g/mol. The molecule has 1 N–H and O–H groups in total. The van der Waals surface area contributed by atoms with Crippen LogP contribution in [-0.2, 0) is 0 Å². The molecule has 0 aromatic carbocycles. The first-order chi connectivity index (χ1) is 4.43. The predicted octanol–water partition coefficient (Wildman–Crippen LogP) is 1.55. The molecule has 0 saturated carbocycles. The van der Waals surface area contributed by atoms with Gasteiger partial charge in [0.05, 0.1) is 6.20 Å². The maximum atomic E-state index is 3.76. The fourth-order valence-electron chi connectivity index (χ4n) is 0.289. The van der Waals surface area contributed by atoms with Crippen molar-refractivity contribution in [1.82, 2.24) is 15.4 Å². The minimum Gasteiger partial charge on any atom is -0.197 e. The van der Waals surface area contributed by atoms with E-state index in [1.165, 1.54) is 0 Å². The summed E-state index contributed by atoms with van der Waals surface area (Å²) in [5.74, 6) is 0. The Morgan fingerprint density at radius 1 is 1.56 bits per heavy atom. The second-order valence-electron chi connectivity index (χ2n) is 1.01. The molecule has 1 aromatic heterocycles. The third-order valence-corrected chi connectivity index (χ3v) is 1.22. The number of rotatable bonds is 1. The summed E-state index contributed by atoms with van der Waals surface area (Å²) in [6, 6.07) is 0. The highest BCUT2D eigenvalue weighted by molar-refractivity contribution is 7.98. The van der Waals surface area contributed by atoms with Gasteiger partial charge in [0.25, 0.3) is 0 Å². The lowest BCUT2D eigenvalue weighted by atomic mass is 11.0. The number of nitrogens with one attached hydrogen (secondary N) is 1. The molecule has 3 nitrogen and oxygen atoms in total. The highest BCUT2D eigenvalue weighted by Crippen LogP contribution is 2.05. The molecule has 1 heterocycles. The van der Waals surface area contributed by atoms with Gasteiger partial charge >= 0.3 is 0 Å². The second-order valence-corrected chi connectivity index (χ2v) is 1.84. The molecule has 0 aliphatic heterocycles. The van der Waals surface area contributed by atoms with Gasteiger partial charge in [0, 0.05) is 0 Å². The fourth-order valence-corrected chi connectivity index (χ4v) is 0.580. The van der Waals surface area contributed by atoms with Crippen LogP contribution in [0.5, 0.6) is 0 Å². The maximum absolute atomic E-state index is 3.76. The van der Waals surface area contributed by atoms with Gasteiger partial charge in [0.15, 0.2) is 0 Å². The van der Waals surface area contributed by atoms with Crippen LogP contribution in [0.2, 0.25) is 0 Å². The summed E-state index contributed by atoms with van der Waals surface area (Å²) in [5.41, 5.74) is 0. The van der Waals surface area contributed by atoms with E-state index in [2.05, 4.69) is 15.4 Å². The minimum absolute atomic E-state index is 0.931. The first-order valence-corrected chi connectivity index (χ1v) is 4.05. The Labute approximate surface area is 59.2 Å². The summed E-state index contributed by atoms with van der Waals surface area (Å²) >= 11 is 1.57. The number of aromatic nitrogens is 3. The molecule has 1 rings (SSSR count). The molecule has 0 aliphatic rings. The molecule has 1 aromatic rings. The van der Waals surface area contributed by atoms with Gasteiger partial charge in [0.2, 0.25) is 0 Å². The molecular formula is C5H11N3S. The van der Waals surface area contributed by atoms with Crippen molar-refractivity contribution in [3.63, 3.8) is 0 Å². The summed E-state index contributed by atoms with van der Waals surface area (Å²) in [7, 11) is 0. The second kappa shape index (κ2) is 5.62. The Morgan fingerprint density at radius 2 is 2.22 bits per heavy atom. The van der Waals surface area contributed by atoms with E-state index >= 15 is 0 Å². The van der Waals surface area contributed by atoms with Crippen molar-refractivity contribution in [3.05, 3.63) is 6.20 Å². The van der Waals surface area contributed by atoms with Gasteiger partial charge in [-0.25, -0.2) is 0 Å². The van der Waals surface area contributed by atoms with Crippen LogP contribution in [-0.4, -0.2) is 21.7 Å². The van der Waals surface area contributed by atoms with E-state index in [0.29, 0.717) is 0 Å². The molecule has 0 aliphatic carbocycles. The lowest BCUT2D eigenvalue weighted by Crippen LogP contribution is -1.66. The van der Waals surface area contributed by atoms with Crippen molar-refractivity contribution in [3.8, 4) is 0 Å². The van der Waals surface area contributed by atoms with E-state index in [1.807, 2.05) is 20.1 Å². The standard InChI is InChI=1S/C3H5N3S.C2H6/c1-7-3-2-4-6-5-3;1-2/h2H,1H3,(H,4,5,6);1-2H3. The molecule has 52 valence electrons. The molecule has 0 bridgehead atoms. The minimum atomic E-state index is 0.931. The van der Waals surface area contributed by atoms with Gasteiger partial charge < -0.3 is 0 Å². The smallest absolute Gasteiger partial charge is 0.138 e. The van der Waals surface area contributed by atoms with Crippen LogP contribution in [0.1, 0.15) is 13.8 Å². The van der Waals surface area contributed by atoms with E-state index in [0.717, 1.165) is 5.03 Å². The van der Waals surface area contributed by atoms with Crippen molar-refractivity contribution in [1.29, 1.82) is 0 Å². The van der Waals surface area contributed by atoms with E-state index < -0.39 is 0 Å². The Hall–Kier alpha value is -0.510. The molecule has 0 saturated heterocycles.